The van der Waals surface area contributed by atoms with Gasteiger partial charge in [-0.05, 0) is 38.3 Å². The van der Waals surface area contributed by atoms with E-state index < -0.39 is 0 Å². The molecule has 0 saturated heterocycles. The van der Waals surface area contributed by atoms with Crippen molar-refractivity contribution in [3.8, 4) is 0 Å². The van der Waals surface area contributed by atoms with E-state index in [1.165, 1.54) is 23.1 Å². The Morgan fingerprint density at radius 1 is 1.30 bits per heavy atom. The second kappa shape index (κ2) is 5.06. The molecule has 3 nitrogen and oxygen atoms in total. The first-order valence-electron chi connectivity index (χ1n) is 7.35. The van der Waals surface area contributed by atoms with E-state index in [9.17, 15) is 0 Å². The predicted octanol–water partition coefficient (Wildman–Crippen LogP) is 3.11. The normalized spacial score (nSPS) is 17.6. The van der Waals surface area contributed by atoms with Gasteiger partial charge in [-0.15, -0.1) is 0 Å². The van der Waals surface area contributed by atoms with Gasteiger partial charge in [-0.3, -0.25) is 4.68 Å². The zero-order valence-electron chi connectivity index (χ0n) is 12.6. The van der Waals surface area contributed by atoms with Gasteiger partial charge in [0.2, 0.25) is 0 Å². The molecule has 1 aromatic carbocycles. The van der Waals surface area contributed by atoms with Crippen LogP contribution >= 0.6 is 0 Å². The first-order valence-corrected chi connectivity index (χ1v) is 7.35. The summed E-state index contributed by atoms with van der Waals surface area (Å²) in [5.41, 5.74) is 4.40. The van der Waals surface area contributed by atoms with Crippen molar-refractivity contribution in [1.29, 1.82) is 0 Å². The van der Waals surface area contributed by atoms with Gasteiger partial charge in [0.1, 0.15) is 0 Å². The summed E-state index contributed by atoms with van der Waals surface area (Å²) in [7, 11) is 0. The van der Waals surface area contributed by atoms with E-state index in [0.29, 0.717) is 5.92 Å². The Bertz CT molecular complexity index is 592. The Labute approximate surface area is 121 Å². The fraction of sp³-hybridized carbons (Fsp3) is 0.471. The number of fused-ring (bicyclic) bond motifs is 1. The molecule has 2 aromatic rings. The maximum absolute atomic E-state index is 4.49. The van der Waals surface area contributed by atoms with Gasteiger partial charge in [-0.1, -0.05) is 24.3 Å². The fourth-order valence-electron chi connectivity index (χ4n) is 2.72. The molecule has 1 heterocycles. The largest absolute Gasteiger partial charge is 0.308 e. The standard InChI is InChI=1S/C17H23N3/c1-17(2,3)18-9-13-10-19-20(11-13)12-15-8-14-6-4-5-7-16(14)15/h4-7,10-11,15,18H,8-9,12H2,1-3H3. The number of rotatable bonds is 4. The van der Waals surface area contributed by atoms with Crippen molar-refractivity contribution in [2.75, 3.05) is 0 Å². The summed E-state index contributed by atoms with van der Waals surface area (Å²) < 4.78 is 2.08. The average Bonchev–Trinajstić information content (AvgIpc) is 2.81. The zero-order valence-corrected chi connectivity index (χ0v) is 12.6. The van der Waals surface area contributed by atoms with Crippen molar-refractivity contribution in [1.82, 2.24) is 15.1 Å². The van der Waals surface area contributed by atoms with Gasteiger partial charge in [0, 0.05) is 36.3 Å². The molecule has 1 aliphatic rings. The molecule has 1 aromatic heterocycles. The topological polar surface area (TPSA) is 29.9 Å². The van der Waals surface area contributed by atoms with Crippen LogP contribution in [0.2, 0.25) is 0 Å². The Kier molecular flexibility index (Phi) is 3.38. The first kappa shape index (κ1) is 13.4. The lowest BCUT2D eigenvalue weighted by Gasteiger charge is -2.29. The van der Waals surface area contributed by atoms with Crippen molar-refractivity contribution in [3.63, 3.8) is 0 Å². The minimum Gasteiger partial charge on any atom is -0.308 e. The number of nitrogens with one attached hydrogen (secondary N) is 1. The van der Waals surface area contributed by atoms with Gasteiger partial charge in [0.05, 0.1) is 6.20 Å². The van der Waals surface area contributed by atoms with Crippen LogP contribution in [-0.2, 0) is 19.5 Å². The molecule has 0 saturated carbocycles. The molecular formula is C17H23N3. The number of nitrogens with zero attached hydrogens (tertiary/aromatic N) is 2. The summed E-state index contributed by atoms with van der Waals surface area (Å²) in [5.74, 6) is 0.634. The quantitative estimate of drug-likeness (QED) is 0.924. The summed E-state index contributed by atoms with van der Waals surface area (Å²) >= 11 is 0. The summed E-state index contributed by atoms with van der Waals surface area (Å²) in [6.07, 6.45) is 5.33. The highest BCUT2D eigenvalue weighted by atomic mass is 15.3. The Morgan fingerprint density at radius 3 is 2.85 bits per heavy atom. The van der Waals surface area contributed by atoms with E-state index in [4.69, 9.17) is 0 Å². The summed E-state index contributed by atoms with van der Waals surface area (Å²) in [4.78, 5) is 0. The number of benzene rings is 1. The molecule has 106 valence electrons. The van der Waals surface area contributed by atoms with Crippen LogP contribution in [0, 0.1) is 0 Å². The van der Waals surface area contributed by atoms with Gasteiger partial charge >= 0.3 is 0 Å². The SMILES string of the molecule is CC(C)(C)NCc1cnn(CC2Cc3ccccc32)c1. The van der Waals surface area contributed by atoms with E-state index >= 15 is 0 Å². The van der Waals surface area contributed by atoms with E-state index in [1.54, 1.807) is 0 Å². The van der Waals surface area contributed by atoms with Crippen LogP contribution in [-0.4, -0.2) is 15.3 Å². The van der Waals surface area contributed by atoms with Crippen LogP contribution in [0.3, 0.4) is 0 Å². The smallest absolute Gasteiger partial charge is 0.0534 e. The van der Waals surface area contributed by atoms with Crippen molar-refractivity contribution < 1.29 is 0 Å². The zero-order chi connectivity index (χ0) is 14.2. The number of hydrogen-bond donors (Lipinski definition) is 1. The van der Waals surface area contributed by atoms with Crippen molar-refractivity contribution in [3.05, 3.63) is 53.3 Å². The van der Waals surface area contributed by atoms with Crippen molar-refractivity contribution in [2.24, 2.45) is 0 Å². The molecule has 0 spiro atoms. The number of hydrogen-bond acceptors (Lipinski definition) is 2. The molecule has 0 amide bonds. The molecular weight excluding hydrogens is 246 g/mol. The van der Waals surface area contributed by atoms with Crippen LogP contribution in [0.4, 0.5) is 0 Å². The summed E-state index contributed by atoms with van der Waals surface area (Å²) in [6, 6.07) is 8.73. The van der Waals surface area contributed by atoms with Crippen LogP contribution in [0.5, 0.6) is 0 Å². The molecule has 3 heteroatoms. The van der Waals surface area contributed by atoms with Crippen LogP contribution in [0.25, 0.3) is 0 Å². The lowest BCUT2D eigenvalue weighted by atomic mass is 9.78. The van der Waals surface area contributed by atoms with Gasteiger partial charge in [0.15, 0.2) is 0 Å². The molecule has 20 heavy (non-hydrogen) atoms. The molecule has 3 rings (SSSR count). The second-order valence-electron chi connectivity index (χ2n) is 6.77. The molecule has 0 bridgehead atoms. The first-order chi connectivity index (χ1) is 9.51. The molecule has 1 unspecified atom stereocenters. The lowest BCUT2D eigenvalue weighted by molar-refractivity contribution is 0.423. The molecule has 0 fully saturated rings. The van der Waals surface area contributed by atoms with Crippen LogP contribution < -0.4 is 5.32 Å². The minimum absolute atomic E-state index is 0.148. The highest BCUT2D eigenvalue weighted by Crippen LogP contribution is 2.35. The van der Waals surface area contributed by atoms with Gasteiger partial charge in [-0.25, -0.2) is 0 Å². The maximum Gasteiger partial charge on any atom is 0.0534 e. The van der Waals surface area contributed by atoms with Gasteiger partial charge in [-0.2, -0.15) is 5.10 Å². The third kappa shape index (κ3) is 2.93. The molecule has 1 atom stereocenters. The Hall–Kier alpha value is -1.61. The van der Waals surface area contributed by atoms with Crippen LogP contribution in [0.15, 0.2) is 36.7 Å². The van der Waals surface area contributed by atoms with E-state index in [-0.39, 0.29) is 5.54 Å². The van der Waals surface area contributed by atoms with E-state index in [1.807, 2.05) is 6.20 Å². The molecule has 1 aliphatic carbocycles. The third-order valence-electron chi connectivity index (χ3n) is 3.88. The molecule has 1 N–H and O–H groups in total. The highest BCUT2D eigenvalue weighted by molar-refractivity contribution is 5.39. The maximum atomic E-state index is 4.49. The monoisotopic (exact) mass is 269 g/mol. The van der Waals surface area contributed by atoms with Crippen molar-refractivity contribution in [2.45, 2.75) is 51.7 Å². The predicted molar refractivity (Wildman–Crippen MR) is 81.7 cm³/mol. The number of aromatic nitrogens is 2. The van der Waals surface area contributed by atoms with Crippen molar-refractivity contribution >= 4 is 0 Å². The summed E-state index contributed by atoms with van der Waals surface area (Å²) in [5, 5.41) is 7.98. The molecule has 0 radical (unpaired) electrons. The summed E-state index contributed by atoms with van der Waals surface area (Å²) in [6.45, 7) is 8.42. The lowest BCUT2D eigenvalue weighted by Crippen LogP contribution is -2.34. The Morgan fingerprint density at radius 2 is 2.10 bits per heavy atom. The molecule has 0 aliphatic heterocycles. The van der Waals surface area contributed by atoms with E-state index in [0.717, 1.165) is 13.1 Å². The average molecular weight is 269 g/mol. The van der Waals surface area contributed by atoms with Gasteiger partial charge < -0.3 is 5.32 Å². The second-order valence-corrected chi connectivity index (χ2v) is 6.77. The van der Waals surface area contributed by atoms with Gasteiger partial charge in [0.25, 0.3) is 0 Å². The third-order valence-corrected chi connectivity index (χ3v) is 3.88. The fourth-order valence-corrected chi connectivity index (χ4v) is 2.72. The minimum atomic E-state index is 0.148. The van der Waals surface area contributed by atoms with E-state index in [2.05, 4.69) is 66.3 Å². The highest BCUT2D eigenvalue weighted by Gasteiger charge is 2.25. The van der Waals surface area contributed by atoms with Crippen LogP contribution in [0.1, 0.15) is 43.4 Å². The Balaban J connectivity index is 1.59.